The zero-order valence-electron chi connectivity index (χ0n) is 10.2. The second-order valence-corrected chi connectivity index (χ2v) is 3.62. The molecule has 0 aliphatic rings. The predicted octanol–water partition coefficient (Wildman–Crippen LogP) is 1.85. The fourth-order valence-electron chi connectivity index (χ4n) is 1.30. The maximum Gasteiger partial charge on any atom is 0.417 e. The van der Waals surface area contributed by atoms with Gasteiger partial charge in [0.2, 0.25) is 0 Å². The van der Waals surface area contributed by atoms with Gasteiger partial charge < -0.3 is 10.2 Å². The Labute approximate surface area is 107 Å². The van der Waals surface area contributed by atoms with E-state index in [0.717, 1.165) is 18.5 Å². The van der Waals surface area contributed by atoms with Crippen LogP contribution in [0.15, 0.2) is 23.6 Å². The Morgan fingerprint density at radius 2 is 2.26 bits per heavy atom. The lowest BCUT2D eigenvalue weighted by atomic mass is 10.1. The van der Waals surface area contributed by atoms with Crippen LogP contribution in [0.2, 0.25) is 0 Å². The van der Waals surface area contributed by atoms with Crippen molar-refractivity contribution in [2.45, 2.75) is 19.1 Å². The molecule has 0 bridgehead atoms. The maximum atomic E-state index is 12.7. The van der Waals surface area contributed by atoms with Crippen LogP contribution < -0.4 is 5.32 Å². The number of hydrogen-bond acceptors (Lipinski definition) is 4. The molecule has 0 unspecified atom stereocenters. The van der Waals surface area contributed by atoms with Crippen LogP contribution in [0, 0.1) is 0 Å². The number of nitrogens with one attached hydrogen (secondary N) is 1. The number of aromatic nitrogens is 1. The third kappa shape index (κ3) is 4.23. The van der Waals surface area contributed by atoms with E-state index in [1.807, 2.05) is 0 Å². The highest BCUT2D eigenvalue weighted by Crippen LogP contribution is 2.31. The maximum absolute atomic E-state index is 12.7. The molecule has 19 heavy (non-hydrogen) atoms. The van der Waals surface area contributed by atoms with Crippen LogP contribution in [-0.2, 0) is 11.0 Å². The molecule has 1 heterocycles. The van der Waals surface area contributed by atoms with Crippen molar-refractivity contribution in [3.05, 3.63) is 29.6 Å². The summed E-state index contributed by atoms with van der Waals surface area (Å²) in [6.07, 6.45) is -1.51. The summed E-state index contributed by atoms with van der Waals surface area (Å²) in [5.41, 5.74) is -1.57. The topological polar surface area (TPSA) is 63.6 Å². The zero-order chi connectivity index (χ0) is 14.5. The molecule has 104 valence electrons. The van der Waals surface area contributed by atoms with Gasteiger partial charge in [-0.3, -0.25) is 9.78 Å². The molecule has 0 aromatic carbocycles. The Balaban J connectivity index is 2.92. The molecular weight excluding hydrogens is 263 g/mol. The van der Waals surface area contributed by atoms with Crippen molar-refractivity contribution < 1.29 is 22.8 Å². The number of pyridine rings is 1. The predicted molar refractivity (Wildman–Crippen MR) is 61.7 cm³/mol. The van der Waals surface area contributed by atoms with E-state index in [-0.39, 0.29) is 0 Å². The highest BCUT2D eigenvalue weighted by atomic mass is 19.4. The highest BCUT2D eigenvalue weighted by Gasteiger charge is 2.35. The third-order valence-corrected chi connectivity index (χ3v) is 2.12. The smallest absolute Gasteiger partial charge is 0.399 e. The van der Waals surface area contributed by atoms with Gasteiger partial charge in [-0.05, 0) is 13.0 Å². The average Bonchev–Trinajstić information content (AvgIpc) is 2.35. The third-order valence-electron chi connectivity index (χ3n) is 2.12. The first-order chi connectivity index (χ1) is 8.86. The SMILES string of the molecule is CON=C[C@H](C)NC(=O)c1cnccc1C(F)(F)F. The fraction of sp³-hybridized carbons (Fsp3) is 0.364. The van der Waals surface area contributed by atoms with Gasteiger partial charge in [-0.2, -0.15) is 13.2 Å². The fourth-order valence-corrected chi connectivity index (χ4v) is 1.30. The second-order valence-electron chi connectivity index (χ2n) is 3.62. The number of carbonyl (C=O) groups excluding carboxylic acids is 1. The van der Waals surface area contributed by atoms with Crippen LogP contribution in [-0.4, -0.2) is 30.3 Å². The number of halogens is 3. The van der Waals surface area contributed by atoms with Gasteiger partial charge in [-0.1, -0.05) is 5.16 Å². The van der Waals surface area contributed by atoms with Crippen LogP contribution in [0.5, 0.6) is 0 Å². The first-order valence-electron chi connectivity index (χ1n) is 5.25. The van der Waals surface area contributed by atoms with Gasteiger partial charge in [0.1, 0.15) is 7.11 Å². The molecule has 1 atom stereocenters. The summed E-state index contributed by atoms with van der Waals surface area (Å²) >= 11 is 0. The molecule has 1 amide bonds. The van der Waals surface area contributed by atoms with Crippen LogP contribution in [0.25, 0.3) is 0 Å². The van der Waals surface area contributed by atoms with E-state index in [9.17, 15) is 18.0 Å². The Hall–Kier alpha value is -2.12. The minimum absolute atomic E-state index is 0.535. The monoisotopic (exact) mass is 275 g/mol. The molecule has 0 spiro atoms. The molecule has 0 saturated carbocycles. The summed E-state index contributed by atoms with van der Waals surface area (Å²) in [6, 6.07) is 0.178. The van der Waals surface area contributed by atoms with Crippen molar-refractivity contribution in [1.82, 2.24) is 10.3 Å². The molecule has 0 aliphatic carbocycles. The van der Waals surface area contributed by atoms with Gasteiger partial charge in [0.05, 0.1) is 23.4 Å². The Morgan fingerprint density at radius 3 is 2.84 bits per heavy atom. The second kappa shape index (κ2) is 6.17. The molecule has 5 nitrogen and oxygen atoms in total. The lowest BCUT2D eigenvalue weighted by Crippen LogP contribution is -2.35. The van der Waals surface area contributed by atoms with Gasteiger partial charge in [0.25, 0.3) is 5.91 Å². The summed E-state index contributed by atoms with van der Waals surface area (Å²) in [4.78, 5) is 19.7. The largest absolute Gasteiger partial charge is 0.417 e. The van der Waals surface area contributed by atoms with E-state index < -0.39 is 29.3 Å². The highest BCUT2D eigenvalue weighted by molar-refractivity contribution is 5.97. The number of oxime groups is 1. The summed E-state index contributed by atoms with van der Waals surface area (Å²) in [7, 11) is 1.31. The number of alkyl halides is 3. The van der Waals surface area contributed by atoms with Crippen molar-refractivity contribution in [2.24, 2.45) is 5.16 Å². The number of rotatable bonds is 4. The molecule has 1 aromatic rings. The van der Waals surface area contributed by atoms with Crippen LogP contribution in [0.4, 0.5) is 13.2 Å². The van der Waals surface area contributed by atoms with E-state index >= 15 is 0 Å². The first-order valence-corrected chi connectivity index (χ1v) is 5.25. The molecule has 0 fully saturated rings. The molecular formula is C11H12F3N3O2. The standard InChI is InChI=1S/C11H12F3N3O2/c1-7(5-16-19-2)17-10(18)8-6-15-4-3-9(8)11(12,13)14/h3-7H,1-2H3,(H,17,18)/t7-/m0/s1. The Kier molecular flexibility index (Phi) is 4.85. The van der Waals surface area contributed by atoms with Crippen LogP contribution >= 0.6 is 0 Å². The molecule has 0 saturated heterocycles. The molecule has 8 heteroatoms. The van der Waals surface area contributed by atoms with Crippen molar-refractivity contribution in [2.75, 3.05) is 7.11 Å². The lowest BCUT2D eigenvalue weighted by Gasteiger charge is -2.13. The Bertz CT molecular complexity index is 474. The van der Waals surface area contributed by atoms with Gasteiger partial charge in [-0.25, -0.2) is 0 Å². The van der Waals surface area contributed by atoms with Crippen LogP contribution in [0.1, 0.15) is 22.8 Å². The lowest BCUT2D eigenvalue weighted by molar-refractivity contribution is -0.138. The van der Waals surface area contributed by atoms with E-state index in [1.165, 1.54) is 13.3 Å². The number of hydrogen-bond donors (Lipinski definition) is 1. The van der Waals surface area contributed by atoms with Gasteiger partial charge in [0.15, 0.2) is 0 Å². The van der Waals surface area contributed by atoms with Crippen LogP contribution in [0.3, 0.4) is 0 Å². The average molecular weight is 275 g/mol. The normalized spacial score (nSPS) is 13.3. The molecule has 0 radical (unpaired) electrons. The minimum Gasteiger partial charge on any atom is -0.399 e. The van der Waals surface area contributed by atoms with Crippen molar-refractivity contribution in [3.8, 4) is 0 Å². The number of amides is 1. The van der Waals surface area contributed by atoms with Crippen molar-refractivity contribution in [3.63, 3.8) is 0 Å². The first kappa shape index (κ1) is 14.9. The summed E-state index contributed by atoms with van der Waals surface area (Å²) < 4.78 is 38.1. The molecule has 1 N–H and O–H groups in total. The Morgan fingerprint density at radius 1 is 1.58 bits per heavy atom. The number of carbonyl (C=O) groups is 1. The van der Waals surface area contributed by atoms with E-state index in [0.29, 0.717) is 0 Å². The summed E-state index contributed by atoms with van der Waals surface area (Å²) in [5.74, 6) is -0.879. The van der Waals surface area contributed by atoms with E-state index in [4.69, 9.17) is 0 Å². The van der Waals surface area contributed by atoms with Gasteiger partial charge in [-0.15, -0.1) is 0 Å². The van der Waals surface area contributed by atoms with E-state index in [2.05, 4.69) is 20.3 Å². The summed E-state index contributed by atoms with van der Waals surface area (Å²) in [6.45, 7) is 1.55. The number of nitrogens with zero attached hydrogens (tertiary/aromatic N) is 2. The zero-order valence-corrected chi connectivity index (χ0v) is 10.2. The molecule has 1 aromatic heterocycles. The quantitative estimate of drug-likeness (QED) is 0.673. The minimum atomic E-state index is -4.61. The van der Waals surface area contributed by atoms with Crippen molar-refractivity contribution in [1.29, 1.82) is 0 Å². The van der Waals surface area contributed by atoms with Crippen molar-refractivity contribution >= 4 is 12.1 Å². The molecule has 1 rings (SSSR count). The molecule has 0 aliphatic heterocycles. The van der Waals surface area contributed by atoms with Gasteiger partial charge in [0, 0.05) is 12.4 Å². The van der Waals surface area contributed by atoms with E-state index in [1.54, 1.807) is 6.92 Å². The van der Waals surface area contributed by atoms with Gasteiger partial charge >= 0.3 is 6.18 Å². The summed E-state index contributed by atoms with van der Waals surface area (Å²) in [5, 5.41) is 5.75.